The van der Waals surface area contributed by atoms with Gasteiger partial charge < -0.3 is 0 Å². The molecule has 0 fully saturated rings. The quantitative estimate of drug-likeness (QED) is 0.374. The minimum Gasteiger partial charge on any atom is -0.250 e. The summed E-state index contributed by atoms with van der Waals surface area (Å²) in [5.41, 5.74) is 1.47. The summed E-state index contributed by atoms with van der Waals surface area (Å²) in [6.07, 6.45) is 13.5. The topological polar surface area (TPSA) is 19.7 Å². The minimum atomic E-state index is 0.671. The van der Waals surface area contributed by atoms with Crippen molar-refractivity contribution in [3.8, 4) is 0 Å². The smallest absolute Gasteiger partial charge is 0.241 e. The summed E-state index contributed by atoms with van der Waals surface area (Å²) in [6, 6.07) is 10.9. The van der Waals surface area contributed by atoms with E-state index in [4.69, 9.17) is 11.6 Å². The zero-order chi connectivity index (χ0) is 14.8. The number of aromatic amines is 1. The van der Waals surface area contributed by atoms with Gasteiger partial charge in [0.1, 0.15) is 12.4 Å². The lowest BCUT2D eigenvalue weighted by molar-refractivity contribution is -0.696. The number of aryl methyl sites for hydroxylation is 1. The fraction of sp³-hybridized carbons (Fsp3) is 0.500. The maximum atomic E-state index is 5.87. The number of rotatable bonds is 10. The number of nitrogens with zero attached hydrogens (tertiary/aromatic N) is 1. The second kappa shape index (κ2) is 9.62. The first kappa shape index (κ1) is 16.1. The number of alkyl halides is 1. The molecule has 2 aromatic rings. The van der Waals surface area contributed by atoms with Crippen molar-refractivity contribution < 1.29 is 4.57 Å². The van der Waals surface area contributed by atoms with Gasteiger partial charge in [0.25, 0.3) is 0 Å². The first-order valence-electron chi connectivity index (χ1n) is 8.03. The van der Waals surface area contributed by atoms with Gasteiger partial charge in [-0.3, -0.25) is 4.98 Å². The van der Waals surface area contributed by atoms with Gasteiger partial charge in [-0.05, 0) is 43.6 Å². The minimum absolute atomic E-state index is 0.671. The van der Waals surface area contributed by atoms with Gasteiger partial charge in [0.05, 0.1) is 6.54 Å². The van der Waals surface area contributed by atoms with Crippen molar-refractivity contribution in [3.63, 3.8) is 0 Å². The lowest BCUT2D eigenvalue weighted by Gasteiger charge is -2.16. The first-order valence-corrected chi connectivity index (χ1v) is 8.56. The molecule has 1 heterocycles. The Morgan fingerprint density at radius 2 is 1.81 bits per heavy atom. The molecule has 1 aromatic carbocycles. The number of aromatic nitrogens is 2. The predicted octanol–water partition coefficient (Wildman–Crippen LogP) is 4.67. The fourth-order valence-electron chi connectivity index (χ4n) is 2.85. The lowest BCUT2D eigenvalue weighted by Crippen LogP contribution is -2.30. The van der Waals surface area contributed by atoms with Gasteiger partial charge in [-0.2, -0.15) is 0 Å². The molecular formula is C18H26ClN2+. The Kier molecular flexibility index (Phi) is 7.37. The number of benzene rings is 1. The van der Waals surface area contributed by atoms with Crippen LogP contribution >= 0.6 is 11.6 Å². The normalized spacial score (nSPS) is 12.4. The van der Waals surface area contributed by atoms with E-state index < -0.39 is 0 Å². The molecule has 1 N–H and O–H groups in total. The third kappa shape index (κ3) is 5.92. The highest BCUT2D eigenvalue weighted by Gasteiger charge is 2.10. The molecule has 1 unspecified atom stereocenters. The Morgan fingerprint density at radius 3 is 2.52 bits per heavy atom. The maximum Gasteiger partial charge on any atom is 0.241 e. The van der Waals surface area contributed by atoms with E-state index in [2.05, 4.69) is 46.1 Å². The van der Waals surface area contributed by atoms with Crippen LogP contribution in [-0.4, -0.2) is 10.9 Å². The summed E-state index contributed by atoms with van der Waals surface area (Å²) in [4.78, 5) is 3.08. The van der Waals surface area contributed by atoms with Gasteiger partial charge in [-0.25, -0.2) is 4.57 Å². The molecule has 0 aliphatic heterocycles. The largest absolute Gasteiger partial charge is 0.250 e. The number of unbranched alkanes of at least 4 members (excludes halogenated alkanes) is 2. The van der Waals surface area contributed by atoms with Crippen LogP contribution in [0.2, 0.25) is 0 Å². The molecule has 21 heavy (non-hydrogen) atoms. The highest BCUT2D eigenvalue weighted by atomic mass is 35.5. The predicted molar refractivity (Wildman–Crippen MR) is 88.6 cm³/mol. The SMILES string of the molecule is ClCCCC(CCCCC[n+]1cc[nH]c1)c1ccccc1. The zero-order valence-electron chi connectivity index (χ0n) is 12.7. The molecular weight excluding hydrogens is 280 g/mol. The van der Waals surface area contributed by atoms with Crippen LogP contribution in [0.1, 0.15) is 50.0 Å². The molecule has 0 bridgehead atoms. The summed E-state index contributed by atoms with van der Waals surface area (Å²) in [5.74, 6) is 1.44. The molecule has 1 atom stereocenters. The van der Waals surface area contributed by atoms with Crippen LogP contribution < -0.4 is 4.57 Å². The average molecular weight is 306 g/mol. The molecule has 2 nitrogen and oxygen atoms in total. The van der Waals surface area contributed by atoms with E-state index in [9.17, 15) is 0 Å². The monoisotopic (exact) mass is 305 g/mol. The van der Waals surface area contributed by atoms with Crippen LogP contribution in [-0.2, 0) is 6.54 Å². The molecule has 2 rings (SSSR count). The Hall–Kier alpha value is -1.28. The third-order valence-electron chi connectivity index (χ3n) is 4.03. The Labute approximate surface area is 133 Å². The van der Waals surface area contributed by atoms with E-state index in [1.807, 2.05) is 12.5 Å². The van der Waals surface area contributed by atoms with Crippen LogP contribution in [0, 0.1) is 0 Å². The molecule has 0 aliphatic rings. The summed E-state index contributed by atoms with van der Waals surface area (Å²) < 4.78 is 2.21. The van der Waals surface area contributed by atoms with Gasteiger partial charge in [-0.1, -0.05) is 36.8 Å². The third-order valence-corrected chi connectivity index (χ3v) is 4.30. The lowest BCUT2D eigenvalue weighted by atomic mass is 9.89. The van der Waals surface area contributed by atoms with E-state index in [0.29, 0.717) is 5.92 Å². The van der Waals surface area contributed by atoms with Crippen molar-refractivity contribution in [1.29, 1.82) is 0 Å². The summed E-state index contributed by atoms with van der Waals surface area (Å²) in [7, 11) is 0. The molecule has 0 aliphatic carbocycles. The molecule has 0 saturated heterocycles. The number of H-pyrrole nitrogens is 1. The van der Waals surface area contributed by atoms with Crippen molar-refractivity contribution in [1.82, 2.24) is 4.98 Å². The van der Waals surface area contributed by atoms with Gasteiger partial charge in [0, 0.05) is 5.88 Å². The van der Waals surface area contributed by atoms with Crippen molar-refractivity contribution >= 4 is 11.6 Å². The molecule has 0 spiro atoms. The van der Waals surface area contributed by atoms with E-state index in [1.165, 1.54) is 37.7 Å². The number of nitrogens with one attached hydrogen (secondary N) is 1. The second-order valence-corrected chi connectivity index (χ2v) is 6.02. The van der Waals surface area contributed by atoms with E-state index in [0.717, 1.165) is 18.8 Å². The number of hydrogen-bond donors (Lipinski definition) is 1. The molecule has 1 aromatic heterocycles. The van der Waals surface area contributed by atoms with E-state index in [-0.39, 0.29) is 0 Å². The maximum absolute atomic E-state index is 5.87. The zero-order valence-corrected chi connectivity index (χ0v) is 13.4. The Balaban J connectivity index is 1.71. The van der Waals surface area contributed by atoms with E-state index in [1.54, 1.807) is 0 Å². The van der Waals surface area contributed by atoms with Crippen LogP contribution in [0.15, 0.2) is 49.1 Å². The van der Waals surface area contributed by atoms with Crippen LogP contribution in [0.4, 0.5) is 0 Å². The standard InChI is InChI=1S/C18H25ClN2/c19-12-7-11-18(17-8-3-1-4-9-17)10-5-2-6-14-21-15-13-20-16-21/h1,3-4,8-9,13,15-16,18H,2,5-7,10-12,14H2/p+1. The second-order valence-electron chi connectivity index (χ2n) is 5.64. The highest BCUT2D eigenvalue weighted by molar-refractivity contribution is 6.17. The molecule has 0 amide bonds. The van der Waals surface area contributed by atoms with Gasteiger partial charge in [0.2, 0.25) is 6.33 Å². The van der Waals surface area contributed by atoms with Gasteiger partial charge in [0.15, 0.2) is 0 Å². The highest BCUT2D eigenvalue weighted by Crippen LogP contribution is 2.27. The van der Waals surface area contributed by atoms with Crippen LogP contribution in [0.3, 0.4) is 0 Å². The van der Waals surface area contributed by atoms with Crippen molar-refractivity contribution in [2.75, 3.05) is 5.88 Å². The Morgan fingerprint density at radius 1 is 1.00 bits per heavy atom. The first-order chi connectivity index (χ1) is 10.4. The van der Waals surface area contributed by atoms with Crippen molar-refractivity contribution in [2.24, 2.45) is 0 Å². The van der Waals surface area contributed by atoms with Crippen LogP contribution in [0.25, 0.3) is 0 Å². The molecule has 114 valence electrons. The fourth-order valence-corrected chi connectivity index (χ4v) is 3.00. The number of imidazole rings is 1. The molecule has 0 radical (unpaired) electrons. The molecule has 3 heteroatoms. The number of halogens is 1. The van der Waals surface area contributed by atoms with E-state index >= 15 is 0 Å². The average Bonchev–Trinajstić information content (AvgIpc) is 3.04. The van der Waals surface area contributed by atoms with Crippen LogP contribution in [0.5, 0.6) is 0 Å². The van der Waals surface area contributed by atoms with Gasteiger partial charge in [-0.15, -0.1) is 11.6 Å². The summed E-state index contributed by atoms with van der Waals surface area (Å²) in [5, 5.41) is 0. The Bertz CT molecular complexity index is 467. The summed E-state index contributed by atoms with van der Waals surface area (Å²) >= 11 is 5.87. The van der Waals surface area contributed by atoms with Crippen molar-refractivity contribution in [3.05, 3.63) is 54.6 Å². The van der Waals surface area contributed by atoms with Gasteiger partial charge >= 0.3 is 0 Å². The molecule has 0 saturated carbocycles. The summed E-state index contributed by atoms with van der Waals surface area (Å²) in [6.45, 7) is 1.11. The van der Waals surface area contributed by atoms with Crippen molar-refractivity contribution in [2.45, 2.75) is 51.0 Å². The number of hydrogen-bond acceptors (Lipinski definition) is 0.